The summed E-state index contributed by atoms with van der Waals surface area (Å²) in [5, 5.41) is 11.4. The van der Waals surface area contributed by atoms with Crippen LogP contribution in [-0.4, -0.2) is 39.0 Å². The average Bonchev–Trinajstić information content (AvgIpc) is 3.27. The number of alkyl carbamates (subject to hydrolysis) is 1. The number of aromatic nitrogens is 3. The molecular formula is C19H21BrClF2N5O2S. The van der Waals surface area contributed by atoms with Gasteiger partial charge in [-0.2, -0.15) is 4.98 Å². The molecule has 0 aliphatic heterocycles. The molecule has 3 heterocycles. The van der Waals surface area contributed by atoms with Crippen LogP contribution in [0.2, 0.25) is 5.28 Å². The molecule has 0 aliphatic rings. The van der Waals surface area contributed by atoms with E-state index in [1.165, 1.54) is 4.52 Å². The Morgan fingerprint density at radius 2 is 2.19 bits per heavy atom. The number of carbonyl (C=O) groups excluding carboxylic acids is 1. The van der Waals surface area contributed by atoms with Crippen LogP contribution in [0.3, 0.4) is 0 Å². The van der Waals surface area contributed by atoms with E-state index in [-0.39, 0.29) is 33.2 Å². The molecule has 3 rings (SSSR count). The Hall–Kier alpha value is -1.98. The number of alkyl halides is 1. The van der Waals surface area contributed by atoms with Crippen molar-refractivity contribution in [3.05, 3.63) is 43.7 Å². The first-order chi connectivity index (χ1) is 14.6. The van der Waals surface area contributed by atoms with E-state index in [4.69, 9.17) is 16.3 Å². The van der Waals surface area contributed by atoms with Crippen molar-refractivity contribution >= 4 is 56.3 Å². The van der Waals surface area contributed by atoms with Gasteiger partial charge in [0.15, 0.2) is 11.6 Å². The summed E-state index contributed by atoms with van der Waals surface area (Å²) in [6, 6.07) is 2.84. The Balaban J connectivity index is 1.88. The predicted octanol–water partition coefficient (Wildman–Crippen LogP) is 5.36. The van der Waals surface area contributed by atoms with Crippen molar-refractivity contribution in [1.29, 1.82) is 0 Å². The van der Waals surface area contributed by atoms with Crippen molar-refractivity contribution in [2.24, 2.45) is 0 Å². The highest BCUT2D eigenvalue weighted by atomic mass is 79.9. The van der Waals surface area contributed by atoms with E-state index >= 15 is 4.39 Å². The number of hydrogen-bond donors (Lipinski definition) is 2. The summed E-state index contributed by atoms with van der Waals surface area (Å²) in [6.07, 6.45) is -0.912. The summed E-state index contributed by atoms with van der Waals surface area (Å²) in [4.78, 5) is 17.1. The summed E-state index contributed by atoms with van der Waals surface area (Å²) < 4.78 is 35.7. The van der Waals surface area contributed by atoms with Gasteiger partial charge < -0.3 is 15.4 Å². The van der Waals surface area contributed by atoms with Crippen LogP contribution in [0, 0.1) is 5.82 Å². The second kappa shape index (κ2) is 9.66. The van der Waals surface area contributed by atoms with Gasteiger partial charge in [-0.1, -0.05) is 6.07 Å². The fraction of sp³-hybridized carbons (Fsp3) is 0.421. The van der Waals surface area contributed by atoms with Crippen LogP contribution in [0.25, 0.3) is 5.52 Å². The van der Waals surface area contributed by atoms with Crippen LogP contribution in [-0.2, 0) is 17.7 Å². The molecule has 168 valence electrons. The molecule has 0 unspecified atom stereocenters. The number of nitrogens with zero attached hydrogens (tertiary/aromatic N) is 3. The molecule has 0 saturated carbocycles. The Morgan fingerprint density at radius 1 is 1.45 bits per heavy atom. The Kier molecular flexibility index (Phi) is 7.38. The number of ether oxygens (including phenoxy) is 1. The van der Waals surface area contributed by atoms with E-state index in [0.717, 1.165) is 4.88 Å². The minimum Gasteiger partial charge on any atom is -0.444 e. The molecule has 7 nitrogen and oxygen atoms in total. The molecule has 0 bridgehead atoms. The van der Waals surface area contributed by atoms with Gasteiger partial charge in [0, 0.05) is 16.9 Å². The van der Waals surface area contributed by atoms with Gasteiger partial charge in [-0.05, 0) is 59.7 Å². The molecule has 0 saturated heterocycles. The van der Waals surface area contributed by atoms with Gasteiger partial charge in [0.1, 0.15) is 22.4 Å². The van der Waals surface area contributed by atoms with Crippen molar-refractivity contribution < 1.29 is 18.3 Å². The van der Waals surface area contributed by atoms with E-state index in [1.54, 1.807) is 32.1 Å². The minimum absolute atomic E-state index is 0.0673. The maximum atomic E-state index is 15.4. The molecule has 1 atom stereocenters. The molecule has 12 heteroatoms. The van der Waals surface area contributed by atoms with Gasteiger partial charge in [-0.3, -0.25) is 0 Å². The van der Waals surface area contributed by atoms with Crippen molar-refractivity contribution in [3.8, 4) is 0 Å². The highest BCUT2D eigenvalue weighted by Gasteiger charge is 2.26. The highest BCUT2D eigenvalue weighted by Crippen LogP contribution is 2.32. The molecule has 1 amide bonds. The summed E-state index contributed by atoms with van der Waals surface area (Å²) in [7, 11) is 0. The zero-order valence-corrected chi connectivity index (χ0v) is 20.2. The molecule has 0 fully saturated rings. The lowest BCUT2D eigenvalue weighted by atomic mass is 10.1. The van der Waals surface area contributed by atoms with Gasteiger partial charge in [0.2, 0.25) is 5.28 Å². The third kappa shape index (κ3) is 5.83. The number of fused-ring (bicyclic) bond motifs is 1. The number of nitrogens with one attached hydrogen (secondary N) is 2. The third-order valence-electron chi connectivity index (χ3n) is 4.10. The summed E-state index contributed by atoms with van der Waals surface area (Å²) in [6.45, 7) is 4.60. The standard InChI is InChI=1S/C19H21BrClF2N5O2S/c1-19(2,3)30-18(29)25-10(8-22)7-12-13(23)14-16(24-9-11-5-4-6-31-11)26-17(21)27-28(14)15(12)20/h4-6,10H,7-9H2,1-3H3,(H,25,29)(H,24,26,27)/t10-/m1/s1. The van der Waals surface area contributed by atoms with Crippen molar-refractivity contribution in [2.45, 2.75) is 45.4 Å². The average molecular weight is 537 g/mol. The van der Waals surface area contributed by atoms with Gasteiger partial charge in [-0.15, -0.1) is 16.4 Å². The molecule has 3 aromatic rings. The van der Waals surface area contributed by atoms with Crippen LogP contribution in [0.4, 0.5) is 19.4 Å². The zero-order chi connectivity index (χ0) is 22.8. The molecule has 31 heavy (non-hydrogen) atoms. The third-order valence-corrected chi connectivity index (χ3v) is 5.95. The first-order valence-corrected chi connectivity index (χ1v) is 11.4. The van der Waals surface area contributed by atoms with E-state index in [9.17, 15) is 9.18 Å². The number of anilines is 1. The lowest BCUT2D eigenvalue weighted by Gasteiger charge is -2.22. The van der Waals surface area contributed by atoms with Crippen LogP contribution in [0.15, 0.2) is 22.1 Å². The second-order valence-electron chi connectivity index (χ2n) is 7.71. The maximum absolute atomic E-state index is 15.4. The minimum atomic E-state index is -0.996. The Labute approximate surface area is 195 Å². The van der Waals surface area contributed by atoms with Gasteiger partial charge >= 0.3 is 6.09 Å². The van der Waals surface area contributed by atoms with E-state index in [1.807, 2.05) is 17.5 Å². The van der Waals surface area contributed by atoms with Crippen LogP contribution in [0.5, 0.6) is 0 Å². The van der Waals surface area contributed by atoms with Crippen molar-refractivity contribution in [3.63, 3.8) is 0 Å². The Bertz CT molecular complexity index is 1070. The van der Waals surface area contributed by atoms with Crippen LogP contribution < -0.4 is 10.6 Å². The van der Waals surface area contributed by atoms with Crippen molar-refractivity contribution in [1.82, 2.24) is 19.9 Å². The van der Waals surface area contributed by atoms with Crippen molar-refractivity contribution in [2.75, 3.05) is 12.0 Å². The quantitative estimate of drug-likeness (QED) is 0.425. The molecule has 0 aliphatic carbocycles. The number of hydrogen-bond acceptors (Lipinski definition) is 6. The van der Waals surface area contributed by atoms with Crippen LogP contribution in [0.1, 0.15) is 31.2 Å². The first kappa shape index (κ1) is 23.7. The second-order valence-corrected chi connectivity index (χ2v) is 9.83. The number of thiophene rings is 1. The number of halogens is 4. The first-order valence-electron chi connectivity index (χ1n) is 9.33. The predicted molar refractivity (Wildman–Crippen MR) is 120 cm³/mol. The number of carbonyl (C=O) groups is 1. The monoisotopic (exact) mass is 535 g/mol. The molecular weight excluding hydrogens is 516 g/mol. The van der Waals surface area contributed by atoms with E-state index < -0.39 is 30.2 Å². The molecule has 3 aromatic heterocycles. The fourth-order valence-electron chi connectivity index (χ4n) is 2.85. The van der Waals surface area contributed by atoms with E-state index in [2.05, 4.69) is 36.6 Å². The lowest BCUT2D eigenvalue weighted by molar-refractivity contribution is 0.0496. The summed E-state index contributed by atoms with van der Waals surface area (Å²) >= 11 is 10.9. The fourth-order valence-corrected chi connectivity index (χ4v) is 4.24. The van der Waals surface area contributed by atoms with Crippen LogP contribution >= 0.6 is 38.9 Å². The normalized spacial score (nSPS) is 12.7. The van der Waals surface area contributed by atoms with Gasteiger partial charge in [0.05, 0.1) is 12.6 Å². The smallest absolute Gasteiger partial charge is 0.407 e. The number of amides is 1. The highest BCUT2D eigenvalue weighted by molar-refractivity contribution is 9.10. The molecule has 0 radical (unpaired) electrons. The van der Waals surface area contributed by atoms with Gasteiger partial charge in [0.25, 0.3) is 0 Å². The topological polar surface area (TPSA) is 80.5 Å². The molecule has 0 aromatic carbocycles. The largest absolute Gasteiger partial charge is 0.444 e. The maximum Gasteiger partial charge on any atom is 0.407 e. The zero-order valence-electron chi connectivity index (χ0n) is 17.0. The summed E-state index contributed by atoms with van der Waals surface area (Å²) in [5.41, 5.74) is -0.538. The molecule has 0 spiro atoms. The SMILES string of the molecule is CC(C)(C)OC(=O)N[C@@H](CF)Cc1c(F)c2c(NCc3cccs3)nc(Cl)nn2c1Br. The lowest BCUT2D eigenvalue weighted by Crippen LogP contribution is -2.41. The van der Waals surface area contributed by atoms with E-state index in [0.29, 0.717) is 6.54 Å². The summed E-state index contributed by atoms with van der Waals surface area (Å²) in [5.74, 6) is -0.434. The van der Waals surface area contributed by atoms with Gasteiger partial charge in [-0.25, -0.2) is 18.1 Å². The molecule has 2 N–H and O–H groups in total. The Morgan fingerprint density at radius 3 is 2.81 bits per heavy atom. The number of rotatable bonds is 7.